The first-order valence-electron chi connectivity index (χ1n) is 8.36. The summed E-state index contributed by atoms with van der Waals surface area (Å²) < 4.78 is 2.02. The number of rotatable bonds is 3. The van der Waals surface area contributed by atoms with Gasteiger partial charge in [0.2, 0.25) is 0 Å². The number of hydrogen-bond acceptors (Lipinski definition) is 2. The second-order valence-corrected chi connectivity index (χ2v) is 6.80. The molecule has 1 saturated carbocycles. The van der Waals surface area contributed by atoms with E-state index in [1.165, 1.54) is 12.8 Å². The van der Waals surface area contributed by atoms with Crippen LogP contribution in [-0.4, -0.2) is 33.3 Å². The molecule has 5 nitrogen and oxygen atoms in total. The first kappa shape index (κ1) is 15.1. The summed E-state index contributed by atoms with van der Waals surface area (Å²) in [7, 11) is 0. The molecular weight excluding hydrogens is 276 g/mol. The first-order chi connectivity index (χ1) is 10.6. The Hall–Kier alpha value is -1.78. The van der Waals surface area contributed by atoms with Crippen molar-refractivity contribution in [3.05, 3.63) is 23.9 Å². The molecule has 2 aliphatic rings. The Bertz CT molecular complexity index is 569. The average Bonchev–Trinajstić information content (AvgIpc) is 3.17. The highest BCUT2D eigenvalue weighted by Gasteiger charge is 2.28. The Kier molecular flexibility index (Phi) is 4.23. The number of anilines is 1. The van der Waals surface area contributed by atoms with E-state index in [0.29, 0.717) is 18.5 Å². The summed E-state index contributed by atoms with van der Waals surface area (Å²) in [5.41, 5.74) is 0.960. The van der Waals surface area contributed by atoms with Crippen molar-refractivity contribution in [1.29, 1.82) is 0 Å². The Labute approximate surface area is 132 Å². The van der Waals surface area contributed by atoms with Gasteiger partial charge in [0.1, 0.15) is 5.82 Å². The van der Waals surface area contributed by atoms with Gasteiger partial charge >= 0.3 is 6.03 Å². The van der Waals surface area contributed by atoms with Crippen LogP contribution in [0.3, 0.4) is 0 Å². The molecule has 0 saturated heterocycles. The van der Waals surface area contributed by atoms with Gasteiger partial charge in [-0.15, -0.1) is 0 Å². The van der Waals surface area contributed by atoms with Crippen LogP contribution in [0.15, 0.2) is 18.2 Å². The van der Waals surface area contributed by atoms with Crippen molar-refractivity contribution in [2.45, 2.75) is 58.5 Å². The third kappa shape index (κ3) is 2.89. The van der Waals surface area contributed by atoms with Gasteiger partial charge in [-0.25, -0.2) is 9.48 Å². The van der Waals surface area contributed by atoms with Crippen molar-refractivity contribution < 1.29 is 4.79 Å². The van der Waals surface area contributed by atoms with Crippen LogP contribution in [0, 0.1) is 12.8 Å². The van der Waals surface area contributed by atoms with E-state index in [0.717, 1.165) is 24.4 Å². The minimum Gasteiger partial charge on any atom is -0.314 e. The summed E-state index contributed by atoms with van der Waals surface area (Å²) in [4.78, 5) is 14.5. The van der Waals surface area contributed by atoms with Gasteiger partial charge < -0.3 is 4.90 Å². The van der Waals surface area contributed by atoms with Crippen molar-refractivity contribution in [1.82, 2.24) is 14.7 Å². The fraction of sp³-hybridized carbons (Fsp3) is 0.647. The van der Waals surface area contributed by atoms with E-state index < -0.39 is 0 Å². The molecule has 1 atom stereocenters. The minimum atomic E-state index is -0.0251. The zero-order valence-corrected chi connectivity index (χ0v) is 13.7. The van der Waals surface area contributed by atoms with Crippen LogP contribution in [0.5, 0.6) is 0 Å². The maximum Gasteiger partial charge on any atom is 0.323 e. The highest BCUT2D eigenvalue weighted by atomic mass is 16.2. The fourth-order valence-electron chi connectivity index (χ4n) is 3.56. The lowest BCUT2D eigenvalue weighted by molar-refractivity contribution is 0.199. The molecule has 2 amide bonds. The number of carbonyl (C=O) groups is 1. The summed E-state index contributed by atoms with van der Waals surface area (Å²) in [5, 5.41) is 7.68. The van der Waals surface area contributed by atoms with Crippen LogP contribution in [0.25, 0.3) is 0 Å². The minimum absolute atomic E-state index is 0.0251. The number of aryl methyl sites for hydroxylation is 1. The first-order valence-corrected chi connectivity index (χ1v) is 8.36. The second kappa shape index (κ2) is 6.15. The van der Waals surface area contributed by atoms with Crippen molar-refractivity contribution in [3.8, 4) is 0 Å². The van der Waals surface area contributed by atoms with Gasteiger partial charge in [0.25, 0.3) is 0 Å². The third-order valence-corrected chi connectivity index (χ3v) is 4.70. The van der Waals surface area contributed by atoms with Gasteiger partial charge in [-0.1, -0.05) is 38.8 Å². The molecule has 3 rings (SSSR count). The molecule has 2 heterocycles. The molecule has 0 bridgehead atoms. The lowest BCUT2D eigenvalue weighted by Crippen LogP contribution is -2.42. The van der Waals surface area contributed by atoms with Crippen molar-refractivity contribution in [2.24, 2.45) is 5.92 Å². The molecule has 1 aromatic heterocycles. The van der Waals surface area contributed by atoms with Crippen LogP contribution in [0.4, 0.5) is 10.6 Å². The molecule has 1 fully saturated rings. The Balaban J connectivity index is 1.74. The third-order valence-electron chi connectivity index (χ3n) is 4.70. The highest BCUT2D eigenvalue weighted by Crippen LogP contribution is 2.32. The lowest BCUT2D eigenvalue weighted by atomic mass is 10.1. The van der Waals surface area contributed by atoms with E-state index in [-0.39, 0.29) is 12.1 Å². The summed E-state index contributed by atoms with van der Waals surface area (Å²) in [5.74, 6) is 1.26. The highest BCUT2D eigenvalue weighted by molar-refractivity contribution is 5.89. The normalized spacial score (nSPS) is 22.0. The smallest absolute Gasteiger partial charge is 0.314 e. The van der Waals surface area contributed by atoms with Crippen LogP contribution in [0.2, 0.25) is 0 Å². The maximum atomic E-state index is 12.6. The van der Waals surface area contributed by atoms with Crippen molar-refractivity contribution in [3.63, 3.8) is 0 Å². The van der Waals surface area contributed by atoms with E-state index >= 15 is 0 Å². The van der Waals surface area contributed by atoms with E-state index in [2.05, 4.69) is 36.4 Å². The number of urea groups is 1. The molecule has 0 spiro atoms. The molecule has 1 aromatic rings. The van der Waals surface area contributed by atoms with Crippen LogP contribution >= 0.6 is 0 Å². The standard InChI is InChI=1S/C17H26N4O/c1-12(2)15-9-6-10-20(15)17(22)18-16-11-13(3)19-21(16)14-7-4-5-8-14/h6,9,11-12,14-15H,4-5,7-8,10H2,1-3H3,(H,18,22)/t15-/m1/s1. The summed E-state index contributed by atoms with van der Waals surface area (Å²) in [6.45, 7) is 6.96. The number of amides is 2. The predicted molar refractivity (Wildman–Crippen MR) is 88.0 cm³/mol. The molecule has 1 N–H and O–H groups in total. The van der Waals surface area contributed by atoms with E-state index in [1.54, 1.807) is 0 Å². The molecule has 22 heavy (non-hydrogen) atoms. The quantitative estimate of drug-likeness (QED) is 0.865. The van der Waals surface area contributed by atoms with E-state index in [4.69, 9.17) is 0 Å². The Morgan fingerprint density at radius 2 is 2.09 bits per heavy atom. The fourth-order valence-corrected chi connectivity index (χ4v) is 3.56. The van der Waals surface area contributed by atoms with Crippen molar-refractivity contribution >= 4 is 11.8 Å². The van der Waals surface area contributed by atoms with E-state index in [9.17, 15) is 4.79 Å². The Morgan fingerprint density at radius 1 is 1.36 bits per heavy atom. The molecule has 0 unspecified atom stereocenters. The van der Waals surface area contributed by atoms with Crippen LogP contribution in [0.1, 0.15) is 51.3 Å². The molecular formula is C17H26N4O. The summed E-state index contributed by atoms with van der Waals surface area (Å²) >= 11 is 0. The zero-order chi connectivity index (χ0) is 15.7. The topological polar surface area (TPSA) is 50.2 Å². The van der Waals surface area contributed by atoms with Gasteiger partial charge in [0.15, 0.2) is 0 Å². The van der Waals surface area contributed by atoms with E-state index in [1.807, 2.05) is 22.6 Å². The number of carbonyl (C=O) groups excluding carboxylic acids is 1. The summed E-state index contributed by atoms with van der Waals surface area (Å²) in [6, 6.07) is 2.57. The second-order valence-electron chi connectivity index (χ2n) is 6.80. The van der Waals surface area contributed by atoms with Crippen LogP contribution < -0.4 is 5.32 Å². The monoisotopic (exact) mass is 302 g/mol. The molecule has 5 heteroatoms. The SMILES string of the molecule is Cc1cc(NC(=O)N2CC=C[C@@H]2C(C)C)n(C2CCCC2)n1. The average molecular weight is 302 g/mol. The van der Waals surface area contributed by atoms with Gasteiger partial charge in [-0.3, -0.25) is 5.32 Å². The van der Waals surface area contributed by atoms with Gasteiger partial charge in [0.05, 0.1) is 17.8 Å². The molecule has 0 radical (unpaired) electrons. The number of hydrogen-bond donors (Lipinski definition) is 1. The summed E-state index contributed by atoms with van der Waals surface area (Å²) in [6.07, 6.45) is 9.02. The number of aromatic nitrogens is 2. The Morgan fingerprint density at radius 3 is 2.77 bits per heavy atom. The molecule has 0 aromatic carbocycles. The van der Waals surface area contributed by atoms with Gasteiger partial charge in [-0.2, -0.15) is 5.10 Å². The van der Waals surface area contributed by atoms with Gasteiger partial charge in [-0.05, 0) is 25.7 Å². The predicted octanol–water partition coefficient (Wildman–Crippen LogP) is 3.73. The zero-order valence-electron chi connectivity index (χ0n) is 13.7. The molecule has 1 aliphatic carbocycles. The molecule has 120 valence electrons. The van der Waals surface area contributed by atoms with Crippen LogP contribution in [-0.2, 0) is 0 Å². The largest absolute Gasteiger partial charge is 0.323 e. The maximum absolute atomic E-state index is 12.6. The number of nitrogens with zero attached hydrogens (tertiary/aromatic N) is 3. The number of nitrogens with one attached hydrogen (secondary N) is 1. The lowest BCUT2D eigenvalue weighted by Gasteiger charge is -2.28. The van der Waals surface area contributed by atoms with Gasteiger partial charge in [0, 0.05) is 12.6 Å². The molecule has 1 aliphatic heterocycles. The van der Waals surface area contributed by atoms with Crippen molar-refractivity contribution in [2.75, 3.05) is 11.9 Å².